The Balaban J connectivity index is 1.76. The predicted octanol–water partition coefficient (Wildman–Crippen LogP) is 3.12. The van der Waals surface area contributed by atoms with Crippen LogP contribution in [0.3, 0.4) is 0 Å². The van der Waals surface area contributed by atoms with E-state index in [-0.39, 0.29) is 5.54 Å². The van der Waals surface area contributed by atoms with Gasteiger partial charge < -0.3 is 5.32 Å². The van der Waals surface area contributed by atoms with Crippen LogP contribution < -0.4 is 5.32 Å². The predicted molar refractivity (Wildman–Crippen MR) is 72.7 cm³/mol. The topological polar surface area (TPSA) is 29.1 Å². The lowest BCUT2D eigenvalue weighted by Gasteiger charge is -2.54. The van der Waals surface area contributed by atoms with Crippen molar-refractivity contribution in [3.05, 3.63) is 35.9 Å². The summed E-state index contributed by atoms with van der Waals surface area (Å²) in [6.07, 6.45) is 6.24. The molecule has 1 aromatic carbocycles. The van der Waals surface area contributed by atoms with Gasteiger partial charge in [-0.25, -0.2) is 4.39 Å². The first-order valence-electron chi connectivity index (χ1n) is 7.11. The van der Waals surface area contributed by atoms with Gasteiger partial charge >= 0.3 is 0 Å². The second-order valence-corrected chi connectivity index (χ2v) is 6.11. The number of carbonyl (C=O) groups is 1. The van der Waals surface area contributed by atoms with E-state index in [9.17, 15) is 9.18 Å². The molecule has 2 nitrogen and oxygen atoms in total. The van der Waals surface area contributed by atoms with E-state index < -0.39 is 12.6 Å². The van der Waals surface area contributed by atoms with Crippen LogP contribution >= 0.6 is 0 Å². The smallest absolute Gasteiger partial charge is 0.251 e. The van der Waals surface area contributed by atoms with Crippen molar-refractivity contribution in [1.82, 2.24) is 5.32 Å². The van der Waals surface area contributed by atoms with Gasteiger partial charge in [-0.05, 0) is 49.5 Å². The molecule has 0 aliphatic heterocycles. The molecule has 1 N–H and O–H groups in total. The molecule has 0 heterocycles. The van der Waals surface area contributed by atoms with Gasteiger partial charge in [0.25, 0.3) is 5.91 Å². The second-order valence-electron chi connectivity index (χ2n) is 6.11. The van der Waals surface area contributed by atoms with Gasteiger partial charge in [0.2, 0.25) is 0 Å². The van der Waals surface area contributed by atoms with Gasteiger partial charge in [0.05, 0.1) is 0 Å². The molecule has 0 unspecified atom stereocenters. The standard InChI is InChI=1S/C16H20FNO/c17-12-14(19)18-16-9-6-15(7-10-16,8-11-16)13-4-2-1-3-5-13/h1-5H,6-12H2,(H,18,19). The zero-order valence-corrected chi connectivity index (χ0v) is 11.1. The number of nitrogens with one attached hydrogen (secondary N) is 1. The zero-order chi connectivity index (χ0) is 13.3. The molecule has 19 heavy (non-hydrogen) atoms. The maximum Gasteiger partial charge on any atom is 0.251 e. The highest BCUT2D eigenvalue weighted by molar-refractivity contribution is 5.78. The van der Waals surface area contributed by atoms with E-state index >= 15 is 0 Å². The number of fused-ring (bicyclic) bond motifs is 3. The maximum atomic E-state index is 12.4. The van der Waals surface area contributed by atoms with E-state index in [0.717, 1.165) is 38.5 Å². The lowest BCUT2D eigenvalue weighted by molar-refractivity contribution is -0.125. The van der Waals surface area contributed by atoms with Gasteiger partial charge in [0.1, 0.15) is 0 Å². The van der Waals surface area contributed by atoms with Crippen molar-refractivity contribution in [2.75, 3.05) is 6.67 Å². The Morgan fingerprint density at radius 1 is 1.05 bits per heavy atom. The minimum atomic E-state index is -0.897. The van der Waals surface area contributed by atoms with E-state index in [1.807, 2.05) is 0 Å². The summed E-state index contributed by atoms with van der Waals surface area (Å²) >= 11 is 0. The molecular weight excluding hydrogens is 241 g/mol. The molecule has 4 rings (SSSR count). The van der Waals surface area contributed by atoms with Gasteiger partial charge in [-0.2, -0.15) is 0 Å². The van der Waals surface area contributed by atoms with Crippen molar-refractivity contribution in [2.45, 2.75) is 49.5 Å². The van der Waals surface area contributed by atoms with Crippen molar-refractivity contribution in [3.8, 4) is 0 Å². The van der Waals surface area contributed by atoms with Crippen molar-refractivity contribution in [1.29, 1.82) is 0 Å². The van der Waals surface area contributed by atoms with Crippen LogP contribution in [0.1, 0.15) is 44.1 Å². The zero-order valence-electron chi connectivity index (χ0n) is 11.1. The summed E-state index contributed by atoms with van der Waals surface area (Å²) in [5.41, 5.74) is 1.60. The third-order valence-corrected chi connectivity index (χ3v) is 5.16. The number of amides is 1. The van der Waals surface area contributed by atoms with Crippen LogP contribution in [0.4, 0.5) is 4.39 Å². The number of halogens is 1. The van der Waals surface area contributed by atoms with Crippen LogP contribution in [0.5, 0.6) is 0 Å². The third kappa shape index (κ3) is 2.15. The number of alkyl halides is 1. The van der Waals surface area contributed by atoms with Crippen LogP contribution in [0, 0.1) is 0 Å². The number of benzene rings is 1. The van der Waals surface area contributed by atoms with E-state index in [2.05, 4.69) is 35.6 Å². The number of hydrogen-bond donors (Lipinski definition) is 1. The van der Waals surface area contributed by atoms with E-state index in [0.29, 0.717) is 5.41 Å². The quantitative estimate of drug-likeness (QED) is 0.890. The fourth-order valence-corrected chi connectivity index (χ4v) is 3.93. The second kappa shape index (κ2) is 4.62. The Kier molecular flexibility index (Phi) is 3.08. The van der Waals surface area contributed by atoms with Crippen LogP contribution in [-0.2, 0) is 10.2 Å². The molecule has 3 fully saturated rings. The summed E-state index contributed by atoms with van der Waals surface area (Å²) in [6.45, 7) is -0.897. The Morgan fingerprint density at radius 3 is 2.16 bits per heavy atom. The number of hydrogen-bond acceptors (Lipinski definition) is 1. The molecule has 3 aliphatic rings. The summed E-state index contributed by atoms with van der Waals surface area (Å²) in [6, 6.07) is 10.7. The van der Waals surface area contributed by atoms with Gasteiger partial charge in [-0.1, -0.05) is 30.3 Å². The van der Waals surface area contributed by atoms with Gasteiger partial charge in [0, 0.05) is 5.54 Å². The fraction of sp³-hybridized carbons (Fsp3) is 0.562. The van der Waals surface area contributed by atoms with Crippen LogP contribution in [0.15, 0.2) is 30.3 Å². The van der Waals surface area contributed by atoms with Crippen LogP contribution in [0.25, 0.3) is 0 Å². The molecule has 2 bridgehead atoms. The fourth-order valence-electron chi connectivity index (χ4n) is 3.93. The normalized spacial score (nSPS) is 33.1. The average molecular weight is 261 g/mol. The van der Waals surface area contributed by atoms with Crippen molar-refractivity contribution < 1.29 is 9.18 Å². The van der Waals surface area contributed by atoms with Gasteiger partial charge in [0.15, 0.2) is 6.67 Å². The average Bonchev–Trinajstić information content (AvgIpc) is 2.49. The highest BCUT2D eigenvalue weighted by Gasteiger charge is 2.49. The summed E-state index contributed by atoms with van der Waals surface area (Å²) < 4.78 is 12.4. The monoisotopic (exact) mass is 261 g/mol. The molecule has 0 radical (unpaired) electrons. The first-order chi connectivity index (χ1) is 9.18. The SMILES string of the molecule is O=C(CF)NC12CCC(c3ccccc3)(CC1)CC2. The molecule has 1 aromatic rings. The summed E-state index contributed by atoms with van der Waals surface area (Å²) in [5, 5.41) is 2.92. The highest BCUT2D eigenvalue weighted by atomic mass is 19.1. The molecule has 0 saturated heterocycles. The van der Waals surface area contributed by atoms with E-state index in [1.54, 1.807) is 0 Å². The minimum absolute atomic E-state index is 0.125. The van der Waals surface area contributed by atoms with Crippen molar-refractivity contribution >= 4 is 5.91 Å². The summed E-state index contributed by atoms with van der Waals surface area (Å²) in [7, 11) is 0. The van der Waals surface area contributed by atoms with Crippen LogP contribution in [0.2, 0.25) is 0 Å². The first-order valence-corrected chi connectivity index (χ1v) is 7.11. The molecule has 0 atom stereocenters. The highest BCUT2D eigenvalue weighted by Crippen LogP contribution is 2.53. The molecule has 102 valence electrons. The molecule has 1 amide bonds. The largest absolute Gasteiger partial charge is 0.348 e. The Hall–Kier alpha value is -1.38. The summed E-state index contributed by atoms with van der Waals surface area (Å²) in [5.74, 6) is -0.450. The van der Waals surface area contributed by atoms with Gasteiger partial charge in [-0.15, -0.1) is 0 Å². The molecule has 3 saturated carbocycles. The van der Waals surface area contributed by atoms with Crippen LogP contribution in [-0.4, -0.2) is 18.1 Å². The lowest BCUT2D eigenvalue weighted by atomic mass is 9.55. The molecule has 3 heteroatoms. The number of rotatable bonds is 3. The van der Waals surface area contributed by atoms with Gasteiger partial charge in [-0.3, -0.25) is 4.79 Å². The molecule has 3 aliphatic carbocycles. The van der Waals surface area contributed by atoms with Crippen molar-refractivity contribution in [3.63, 3.8) is 0 Å². The Morgan fingerprint density at radius 2 is 1.63 bits per heavy atom. The van der Waals surface area contributed by atoms with E-state index in [4.69, 9.17) is 0 Å². The summed E-state index contributed by atoms with van der Waals surface area (Å²) in [4.78, 5) is 11.3. The third-order valence-electron chi connectivity index (χ3n) is 5.16. The first kappa shape index (κ1) is 12.6. The Labute approximate surface area is 113 Å². The molecule has 0 spiro atoms. The Bertz CT molecular complexity index is 446. The lowest BCUT2D eigenvalue weighted by Crippen LogP contribution is -2.58. The van der Waals surface area contributed by atoms with Crippen molar-refractivity contribution in [2.24, 2.45) is 0 Å². The van der Waals surface area contributed by atoms with E-state index in [1.165, 1.54) is 5.56 Å². The number of carbonyl (C=O) groups excluding carboxylic acids is 1. The molecular formula is C16H20FNO. The minimum Gasteiger partial charge on any atom is -0.348 e. The maximum absolute atomic E-state index is 12.4. The molecule has 0 aromatic heterocycles.